The molecule has 0 heterocycles. The van der Waals surface area contributed by atoms with Crippen molar-refractivity contribution in [2.45, 2.75) is 90.9 Å². The average Bonchev–Trinajstić information content (AvgIpc) is 2.91. The average molecular weight is 277 g/mol. The van der Waals surface area contributed by atoms with E-state index in [0.717, 1.165) is 18.3 Å². The van der Waals surface area contributed by atoms with Crippen LogP contribution in [0.3, 0.4) is 0 Å². The van der Waals surface area contributed by atoms with Crippen LogP contribution in [0.2, 0.25) is 0 Å². The van der Waals surface area contributed by atoms with Crippen LogP contribution in [0.25, 0.3) is 0 Å². The third kappa shape index (κ3) is 10.3. The summed E-state index contributed by atoms with van der Waals surface area (Å²) in [6, 6.07) is 0. The van der Waals surface area contributed by atoms with E-state index in [2.05, 4.69) is 13.8 Å². The number of hydrogen-bond donors (Lipinski definition) is 0. The molecule has 0 spiro atoms. The smallest absolute Gasteiger partial charge is 0.0202 e. The first-order chi connectivity index (χ1) is 9.79. The van der Waals surface area contributed by atoms with E-state index in [1.165, 1.54) is 70.6 Å². The van der Waals surface area contributed by atoms with Crippen molar-refractivity contribution in [1.29, 1.82) is 0 Å². The molecule has 2 radical (unpaired) electrons. The third-order valence-electron chi connectivity index (χ3n) is 4.35. The van der Waals surface area contributed by atoms with Crippen molar-refractivity contribution >= 4 is 0 Å². The van der Waals surface area contributed by atoms with E-state index in [1.807, 2.05) is 6.08 Å². The van der Waals surface area contributed by atoms with E-state index in [-0.39, 0.29) is 0 Å². The second kappa shape index (κ2) is 14.9. The molecule has 0 aromatic heterocycles. The maximum absolute atomic E-state index is 5.53. The van der Waals surface area contributed by atoms with Gasteiger partial charge in [-0.25, -0.2) is 0 Å². The van der Waals surface area contributed by atoms with Gasteiger partial charge >= 0.3 is 0 Å². The first-order valence-corrected chi connectivity index (χ1v) is 8.88. The van der Waals surface area contributed by atoms with Gasteiger partial charge in [0.05, 0.1) is 0 Å². The lowest BCUT2D eigenvalue weighted by molar-refractivity contribution is 0.421. The highest BCUT2D eigenvalue weighted by atomic mass is 14.3. The molecule has 0 amide bonds. The van der Waals surface area contributed by atoms with Crippen molar-refractivity contribution in [1.82, 2.24) is 0 Å². The van der Waals surface area contributed by atoms with E-state index >= 15 is 0 Å². The topological polar surface area (TPSA) is 0 Å². The standard InChI is InChI=1S/C10H17.C10H19/c1-3-6-10-8-5-7-9(10)4-2;1-3-5-7-9-10-8-6-4-2/h2,4,9-10H,3,5-8H2,1H3;1,3H,4-10H2,2H3. The zero-order chi connectivity index (χ0) is 15.1. The molecule has 20 heavy (non-hydrogen) atoms. The molecule has 1 rings (SSSR count). The van der Waals surface area contributed by atoms with Gasteiger partial charge in [-0.2, -0.15) is 0 Å². The van der Waals surface area contributed by atoms with Crippen LogP contribution in [0.1, 0.15) is 90.9 Å². The Bertz CT molecular complexity index is 216. The van der Waals surface area contributed by atoms with Crippen LogP contribution in [-0.2, 0) is 0 Å². The lowest BCUT2D eigenvalue weighted by Gasteiger charge is -2.13. The highest BCUT2D eigenvalue weighted by molar-refractivity contribution is 4.87. The Balaban J connectivity index is 0.000000361. The van der Waals surface area contributed by atoms with Gasteiger partial charge in [-0.3, -0.25) is 0 Å². The molecular weight excluding hydrogens is 240 g/mol. The van der Waals surface area contributed by atoms with Crippen LogP contribution in [-0.4, -0.2) is 0 Å². The van der Waals surface area contributed by atoms with Gasteiger partial charge in [0.25, 0.3) is 0 Å². The Morgan fingerprint density at radius 3 is 2.20 bits per heavy atom. The fraction of sp³-hybridized carbons (Fsp3) is 0.800. The summed E-state index contributed by atoms with van der Waals surface area (Å²) in [6.07, 6.45) is 19.7. The first-order valence-electron chi connectivity index (χ1n) is 8.88. The molecule has 1 saturated carbocycles. The van der Waals surface area contributed by atoms with Gasteiger partial charge in [-0.05, 0) is 37.5 Å². The lowest BCUT2D eigenvalue weighted by Crippen LogP contribution is -2.03. The highest BCUT2D eigenvalue weighted by Crippen LogP contribution is 2.35. The van der Waals surface area contributed by atoms with Crippen LogP contribution in [0, 0.1) is 25.0 Å². The quantitative estimate of drug-likeness (QED) is 0.380. The summed E-state index contributed by atoms with van der Waals surface area (Å²) in [4.78, 5) is 0. The van der Waals surface area contributed by atoms with Crippen LogP contribution in [0.4, 0.5) is 0 Å². The molecule has 0 aromatic carbocycles. The summed E-state index contributed by atoms with van der Waals surface area (Å²) in [5.41, 5.74) is 0. The monoisotopic (exact) mass is 276 g/mol. The number of allylic oxidation sites excluding steroid dienone is 2. The summed E-state index contributed by atoms with van der Waals surface area (Å²) in [5.74, 6) is 1.65. The SMILES string of the molecule is [CH]=CC1CCCC1CCC.[CH]=CCCCCCCCC. The Morgan fingerprint density at radius 1 is 0.900 bits per heavy atom. The van der Waals surface area contributed by atoms with Crippen molar-refractivity contribution in [3.8, 4) is 0 Å². The Hall–Kier alpha value is -0.520. The Morgan fingerprint density at radius 2 is 1.60 bits per heavy atom. The molecule has 0 aromatic rings. The summed E-state index contributed by atoms with van der Waals surface area (Å²) in [5, 5.41) is 0. The number of unbranched alkanes of at least 4 members (excludes halogenated alkanes) is 6. The molecule has 0 saturated heterocycles. The van der Waals surface area contributed by atoms with Gasteiger partial charge in [0.15, 0.2) is 0 Å². The molecule has 0 heteroatoms. The fourth-order valence-corrected chi connectivity index (χ4v) is 3.09. The molecule has 0 nitrogen and oxygen atoms in total. The van der Waals surface area contributed by atoms with Gasteiger partial charge in [-0.1, -0.05) is 90.5 Å². The molecule has 1 fully saturated rings. The van der Waals surface area contributed by atoms with Crippen LogP contribution >= 0.6 is 0 Å². The first kappa shape index (κ1) is 19.5. The van der Waals surface area contributed by atoms with Crippen molar-refractivity contribution in [3.63, 3.8) is 0 Å². The molecule has 2 unspecified atom stereocenters. The maximum atomic E-state index is 5.53. The molecule has 0 N–H and O–H groups in total. The predicted octanol–water partition coefficient (Wildman–Crippen LogP) is 6.92. The van der Waals surface area contributed by atoms with Crippen LogP contribution in [0.5, 0.6) is 0 Å². The second-order valence-electron chi connectivity index (χ2n) is 6.13. The minimum absolute atomic E-state index is 0.736. The van der Waals surface area contributed by atoms with Crippen LogP contribution in [0.15, 0.2) is 12.2 Å². The fourth-order valence-electron chi connectivity index (χ4n) is 3.09. The minimum Gasteiger partial charge on any atom is -0.0845 e. The van der Waals surface area contributed by atoms with Gasteiger partial charge < -0.3 is 0 Å². The summed E-state index contributed by atoms with van der Waals surface area (Å²) >= 11 is 0. The normalized spacial score (nSPS) is 21.1. The zero-order valence-corrected chi connectivity index (χ0v) is 13.9. The van der Waals surface area contributed by atoms with E-state index in [1.54, 1.807) is 6.08 Å². The highest BCUT2D eigenvalue weighted by Gasteiger charge is 2.23. The van der Waals surface area contributed by atoms with Crippen molar-refractivity contribution in [2.75, 3.05) is 0 Å². The predicted molar refractivity (Wildman–Crippen MR) is 91.5 cm³/mol. The molecule has 2 atom stereocenters. The molecule has 1 aliphatic rings. The Kier molecular flexibility index (Phi) is 14.5. The molecule has 116 valence electrons. The second-order valence-corrected chi connectivity index (χ2v) is 6.13. The largest absolute Gasteiger partial charge is 0.0845 e. The molecule has 1 aliphatic carbocycles. The van der Waals surface area contributed by atoms with E-state index in [4.69, 9.17) is 13.2 Å². The van der Waals surface area contributed by atoms with E-state index in [9.17, 15) is 0 Å². The summed E-state index contributed by atoms with van der Waals surface area (Å²) in [7, 11) is 0. The van der Waals surface area contributed by atoms with Crippen LogP contribution < -0.4 is 0 Å². The molecule has 0 bridgehead atoms. The lowest BCUT2D eigenvalue weighted by atomic mass is 9.92. The number of rotatable bonds is 10. The Labute approximate surface area is 128 Å². The minimum atomic E-state index is 0.736. The third-order valence-corrected chi connectivity index (χ3v) is 4.35. The zero-order valence-electron chi connectivity index (χ0n) is 13.9. The maximum Gasteiger partial charge on any atom is -0.0202 e. The number of hydrogen-bond acceptors (Lipinski definition) is 0. The molecule has 0 aliphatic heterocycles. The van der Waals surface area contributed by atoms with Gasteiger partial charge in [0.2, 0.25) is 0 Å². The van der Waals surface area contributed by atoms with Crippen molar-refractivity contribution < 1.29 is 0 Å². The van der Waals surface area contributed by atoms with E-state index < -0.39 is 0 Å². The van der Waals surface area contributed by atoms with Gasteiger partial charge in [-0.15, -0.1) is 0 Å². The molecular formula is C20H36. The van der Waals surface area contributed by atoms with Gasteiger partial charge in [0, 0.05) is 0 Å². The van der Waals surface area contributed by atoms with Gasteiger partial charge in [0.1, 0.15) is 0 Å². The summed E-state index contributed by atoms with van der Waals surface area (Å²) in [6.45, 7) is 15.3. The van der Waals surface area contributed by atoms with Crippen molar-refractivity contribution in [3.05, 3.63) is 25.3 Å². The summed E-state index contributed by atoms with van der Waals surface area (Å²) < 4.78 is 0. The van der Waals surface area contributed by atoms with Crippen molar-refractivity contribution in [2.24, 2.45) is 11.8 Å². The van der Waals surface area contributed by atoms with E-state index in [0.29, 0.717) is 0 Å².